The van der Waals surface area contributed by atoms with Crippen LogP contribution in [-0.2, 0) is 6.18 Å². The minimum Gasteiger partial charge on any atom is -0.288 e. The van der Waals surface area contributed by atoms with Crippen LogP contribution in [0.25, 0.3) is 0 Å². The Morgan fingerprint density at radius 3 is 2.33 bits per heavy atom. The van der Waals surface area contributed by atoms with E-state index < -0.39 is 22.5 Å². The lowest BCUT2D eigenvalue weighted by atomic mass is 10.3. The molecule has 1 N–H and O–H groups in total. The molecule has 2 rings (SSSR count). The van der Waals surface area contributed by atoms with Crippen LogP contribution in [0.3, 0.4) is 0 Å². The van der Waals surface area contributed by atoms with E-state index in [-0.39, 0.29) is 5.69 Å². The van der Waals surface area contributed by atoms with Crippen LogP contribution in [0.15, 0.2) is 24.4 Å². The van der Waals surface area contributed by atoms with Gasteiger partial charge >= 0.3 is 11.9 Å². The van der Waals surface area contributed by atoms with Gasteiger partial charge in [0.25, 0.3) is 0 Å². The quantitative estimate of drug-likeness (QED) is 0.697. The first-order valence-corrected chi connectivity index (χ1v) is 5.84. The standard InChI is InChI=1S/C12H11F3N4O2/c1-7-3-4-8(2)18(7)17-9-5-11(12(13,14)15)16-6-10(9)19(20)21/h3-6H,1-2H3,(H,16,17). The Hall–Kier alpha value is -2.58. The fraction of sp³-hybridized carbons (Fsp3) is 0.250. The van der Waals surface area contributed by atoms with E-state index in [0.29, 0.717) is 23.7 Å². The monoisotopic (exact) mass is 300 g/mol. The molecule has 6 nitrogen and oxygen atoms in total. The Morgan fingerprint density at radius 2 is 1.86 bits per heavy atom. The average Bonchev–Trinajstić information content (AvgIpc) is 2.69. The molecule has 0 bridgehead atoms. The maximum absolute atomic E-state index is 12.7. The van der Waals surface area contributed by atoms with Gasteiger partial charge in [0.05, 0.1) is 4.92 Å². The van der Waals surface area contributed by atoms with Crippen molar-refractivity contribution in [3.8, 4) is 0 Å². The Labute approximate surface area is 117 Å². The predicted molar refractivity (Wildman–Crippen MR) is 68.8 cm³/mol. The molecular formula is C12H11F3N4O2. The molecule has 2 aromatic rings. The number of anilines is 1. The number of nitrogens with one attached hydrogen (secondary N) is 1. The van der Waals surface area contributed by atoms with Crippen molar-refractivity contribution >= 4 is 11.4 Å². The van der Waals surface area contributed by atoms with Crippen molar-refractivity contribution in [3.63, 3.8) is 0 Å². The van der Waals surface area contributed by atoms with Gasteiger partial charge in [-0.25, -0.2) is 4.98 Å². The summed E-state index contributed by atoms with van der Waals surface area (Å²) >= 11 is 0. The molecule has 9 heteroatoms. The lowest BCUT2D eigenvalue weighted by Gasteiger charge is -2.14. The van der Waals surface area contributed by atoms with E-state index in [4.69, 9.17) is 0 Å². The van der Waals surface area contributed by atoms with Crippen molar-refractivity contribution < 1.29 is 18.1 Å². The molecule has 2 heterocycles. The zero-order valence-electron chi connectivity index (χ0n) is 11.1. The van der Waals surface area contributed by atoms with Crippen molar-refractivity contribution in [1.29, 1.82) is 0 Å². The van der Waals surface area contributed by atoms with Gasteiger partial charge in [-0.15, -0.1) is 0 Å². The smallest absolute Gasteiger partial charge is 0.288 e. The van der Waals surface area contributed by atoms with Crippen LogP contribution in [0, 0.1) is 24.0 Å². The van der Waals surface area contributed by atoms with E-state index in [2.05, 4.69) is 10.4 Å². The molecule has 21 heavy (non-hydrogen) atoms. The number of hydrogen-bond donors (Lipinski definition) is 1. The van der Waals surface area contributed by atoms with Gasteiger partial charge in [0, 0.05) is 17.5 Å². The summed E-state index contributed by atoms with van der Waals surface area (Å²) in [4.78, 5) is 13.2. The first-order chi connectivity index (χ1) is 9.70. The highest BCUT2D eigenvalue weighted by Gasteiger charge is 2.34. The van der Waals surface area contributed by atoms with Crippen LogP contribution in [-0.4, -0.2) is 14.6 Å². The molecule has 0 atom stereocenters. The zero-order valence-corrected chi connectivity index (χ0v) is 11.1. The number of halogens is 3. The maximum Gasteiger partial charge on any atom is 0.433 e. The zero-order chi connectivity index (χ0) is 15.8. The number of hydrogen-bond acceptors (Lipinski definition) is 4. The molecule has 0 fully saturated rings. The van der Waals surface area contributed by atoms with Crippen molar-refractivity contribution in [1.82, 2.24) is 9.66 Å². The van der Waals surface area contributed by atoms with Gasteiger partial charge in [-0.05, 0) is 26.0 Å². The first-order valence-electron chi connectivity index (χ1n) is 5.84. The highest BCUT2D eigenvalue weighted by atomic mass is 19.4. The van der Waals surface area contributed by atoms with E-state index in [1.54, 1.807) is 26.0 Å². The molecule has 0 unspecified atom stereocenters. The van der Waals surface area contributed by atoms with Gasteiger partial charge < -0.3 is 0 Å². The molecule has 0 saturated carbocycles. The highest BCUT2D eigenvalue weighted by molar-refractivity contribution is 5.61. The van der Waals surface area contributed by atoms with Crippen LogP contribution < -0.4 is 5.43 Å². The van der Waals surface area contributed by atoms with E-state index in [1.807, 2.05) is 0 Å². The molecule has 112 valence electrons. The molecule has 0 aromatic carbocycles. The van der Waals surface area contributed by atoms with Gasteiger partial charge in [-0.2, -0.15) is 13.2 Å². The summed E-state index contributed by atoms with van der Waals surface area (Å²) in [5.74, 6) is 0. The third kappa shape index (κ3) is 2.96. The van der Waals surface area contributed by atoms with E-state index >= 15 is 0 Å². The largest absolute Gasteiger partial charge is 0.433 e. The third-order valence-corrected chi connectivity index (χ3v) is 2.87. The van der Waals surface area contributed by atoms with E-state index in [0.717, 1.165) is 0 Å². The number of pyridine rings is 1. The minimum atomic E-state index is -4.67. The second-order valence-electron chi connectivity index (χ2n) is 4.40. The predicted octanol–water partition coefficient (Wildman–Crippen LogP) is 3.30. The second kappa shape index (κ2) is 5.08. The molecule has 0 aliphatic heterocycles. The van der Waals surface area contributed by atoms with Crippen LogP contribution in [0.4, 0.5) is 24.5 Å². The van der Waals surface area contributed by atoms with Gasteiger partial charge in [0.1, 0.15) is 17.6 Å². The summed E-state index contributed by atoms with van der Waals surface area (Å²) in [5.41, 5.74) is 2.02. The van der Waals surface area contributed by atoms with Gasteiger partial charge in [0.15, 0.2) is 0 Å². The SMILES string of the molecule is Cc1ccc(C)n1Nc1cc(C(F)(F)F)ncc1[N+](=O)[O-]. The number of nitro groups is 1. The number of aryl methyl sites for hydroxylation is 2. The molecule has 0 aliphatic carbocycles. The number of aromatic nitrogens is 2. The summed E-state index contributed by atoms with van der Waals surface area (Å²) in [5, 5.41) is 10.9. The fourth-order valence-corrected chi connectivity index (χ4v) is 1.80. The van der Waals surface area contributed by atoms with Crippen LogP contribution >= 0.6 is 0 Å². The maximum atomic E-state index is 12.7. The van der Waals surface area contributed by atoms with E-state index in [9.17, 15) is 23.3 Å². The summed E-state index contributed by atoms with van der Waals surface area (Å²) in [7, 11) is 0. The van der Waals surface area contributed by atoms with Crippen molar-refractivity contribution in [2.45, 2.75) is 20.0 Å². The lowest BCUT2D eigenvalue weighted by molar-refractivity contribution is -0.384. The van der Waals surface area contributed by atoms with Crippen molar-refractivity contribution in [2.75, 3.05) is 5.43 Å². The summed E-state index contributed by atoms with van der Waals surface area (Å²) in [6, 6.07) is 4.09. The first kappa shape index (κ1) is 14.8. The molecule has 0 amide bonds. The Balaban J connectivity index is 2.52. The molecule has 0 aliphatic rings. The highest BCUT2D eigenvalue weighted by Crippen LogP contribution is 2.33. The molecule has 0 radical (unpaired) electrons. The Kier molecular flexibility index (Phi) is 3.58. The van der Waals surface area contributed by atoms with Crippen molar-refractivity contribution in [2.24, 2.45) is 0 Å². The van der Waals surface area contributed by atoms with Crippen LogP contribution in [0.5, 0.6) is 0 Å². The van der Waals surface area contributed by atoms with E-state index in [1.165, 1.54) is 4.68 Å². The second-order valence-corrected chi connectivity index (χ2v) is 4.40. The van der Waals surface area contributed by atoms with Crippen LogP contribution in [0.2, 0.25) is 0 Å². The Morgan fingerprint density at radius 1 is 1.29 bits per heavy atom. The number of rotatable bonds is 3. The average molecular weight is 300 g/mol. The minimum absolute atomic E-state index is 0.273. The van der Waals surface area contributed by atoms with Crippen LogP contribution in [0.1, 0.15) is 17.1 Å². The molecular weight excluding hydrogens is 289 g/mol. The number of alkyl halides is 3. The summed E-state index contributed by atoms with van der Waals surface area (Å²) in [6.45, 7) is 3.44. The normalized spacial score (nSPS) is 11.5. The summed E-state index contributed by atoms with van der Waals surface area (Å²) < 4.78 is 39.5. The van der Waals surface area contributed by atoms with Crippen molar-refractivity contribution in [3.05, 3.63) is 51.6 Å². The molecule has 2 aromatic heterocycles. The van der Waals surface area contributed by atoms with Gasteiger partial charge in [-0.3, -0.25) is 20.2 Å². The molecule has 0 spiro atoms. The molecule has 0 saturated heterocycles. The Bertz CT molecular complexity index is 675. The number of nitrogens with zero attached hydrogens (tertiary/aromatic N) is 3. The fourth-order valence-electron chi connectivity index (χ4n) is 1.80. The third-order valence-electron chi connectivity index (χ3n) is 2.87. The lowest BCUT2D eigenvalue weighted by Crippen LogP contribution is -2.16. The summed E-state index contributed by atoms with van der Waals surface area (Å²) in [6.07, 6.45) is -4.08. The van der Waals surface area contributed by atoms with Gasteiger partial charge in [-0.1, -0.05) is 0 Å². The van der Waals surface area contributed by atoms with Gasteiger partial charge in [0.2, 0.25) is 0 Å². The topological polar surface area (TPSA) is 73.0 Å².